The zero-order valence-electron chi connectivity index (χ0n) is 21.1. The van der Waals surface area contributed by atoms with E-state index in [0.29, 0.717) is 30.3 Å². The molecule has 1 heterocycles. The van der Waals surface area contributed by atoms with Gasteiger partial charge >= 0.3 is 0 Å². The molecule has 0 aromatic heterocycles. The lowest BCUT2D eigenvalue weighted by Gasteiger charge is -2.29. The molecule has 10 heteroatoms. The fourth-order valence-corrected chi connectivity index (χ4v) is 4.90. The molecule has 0 unspecified atom stereocenters. The lowest BCUT2D eigenvalue weighted by molar-refractivity contribution is -0.140. The van der Waals surface area contributed by atoms with Crippen molar-refractivity contribution in [1.29, 1.82) is 0 Å². The molecule has 0 saturated heterocycles. The van der Waals surface area contributed by atoms with Crippen molar-refractivity contribution in [2.24, 2.45) is 0 Å². The van der Waals surface area contributed by atoms with E-state index >= 15 is 0 Å². The van der Waals surface area contributed by atoms with Crippen molar-refractivity contribution in [2.75, 3.05) is 30.4 Å². The maximum atomic E-state index is 13.3. The monoisotopic (exact) mass is 517 g/mol. The van der Waals surface area contributed by atoms with Gasteiger partial charge in [0.25, 0.3) is 0 Å². The number of hydrogen-bond acceptors (Lipinski definition) is 6. The van der Waals surface area contributed by atoms with Gasteiger partial charge in [0.15, 0.2) is 11.5 Å². The number of benzene rings is 2. The Bertz CT molecular complexity index is 1140. The molecule has 2 aromatic carbocycles. The number of unbranched alkanes of at least 4 members (excludes halogenated alkanes) is 1. The van der Waals surface area contributed by atoms with Crippen molar-refractivity contribution in [1.82, 2.24) is 10.2 Å². The molecule has 1 aliphatic heterocycles. The van der Waals surface area contributed by atoms with E-state index in [9.17, 15) is 18.0 Å². The van der Waals surface area contributed by atoms with Crippen LogP contribution in [0, 0.1) is 0 Å². The lowest BCUT2D eigenvalue weighted by atomic mass is 10.1. The second kappa shape index (κ2) is 12.6. The highest BCUT2D eigenvalue weighted by molar-refractivity contribution is 7.92. The summed E-state index contributed by atoms with van der Waals surface area (Å²) < 4.78 is 37.0. The number of rotatable bonds is 13. The fourth-order valence-electron chi connectivity index (χ4n) is 3.94. The summed E-state index contributed by atoms with van der Waals surface area (Å²) in [5.74, 6) is 0.626. The summed E-state index contributed by atoms with van der Waals surface area (Å²) in [6.07, 6.45) is 3.34. The second-order valence-corrected chi connectivity index (χ2v) is 10.7. The Balaban J connectivity index is 1.69. The fraction of sp³-hybridized carbons (Fsp3) is 0.462. The first-order chi connectivity index (χ1) is 17.2. The Kier molecular flexibility index (Phi) is 9.58. The minimum Gasteiger partial charge on any atom is -0.454 e. The molecule has 1 aliphatic rings. The van der Waals surface area contributed by atoms with Gasteiger partial charge in [0.1, 0.15) is 6.04 Å². The minimum atomic E-state index is -3.60. The average Bonchev–Trinajstić information content (AvgIpc) is 3.32. The quantitative estimate of drug-likeness (QED) is 0.409. The van der Waals surface area contributed by atoms with Crippen LogP contribution >= 0.6 is 0 Å². The molecule has 2 amide bonds. The summed E-state index contributed by atoms with van der Waals surface area (Å²) >= 11 is 0. The van der Waals surface area contributed by atoms with Crippen molar-refractivity contribution in [2.45, 2.75) is 52.1 Å². The summed E-state index contributed by atoms with van der Waals surface area (Å²) in [5.41, 5.74) is 1.36. The van der Waals surface area contributed by atoms with Crippen LogP contribution in [0.4, 0.5) is 5.69 Å². The van der Waals surface area contributed by atoms with E-state index in [2.05, 4.69) is 5.32 Å². The van der Waals surface area contributed by atoms with Crippen LogP contribution in [0.25, 0.3) is 0 Å². The predicted molar refractivity (Wildman–Crippen MR) is 138 cm³/mol. The van der Waals surface area contributed by atoms with Crippen LogP contribution in [0.5, 0.6) is 11.5 Å². The van der Waals surface area contributed by atoms with Gasteiger partial charge in [0.2, 0.25) is 28.6 Å². The molecular weight excluding hydrogens is 482 g/mol. The molecule has 0 saturated carbocycles. The number of fused-ring (bicyclic) bond motifs is 1. The topological polar surface area (TPSA) is 105 Å². The molecular formula is C26H35N3O6S. The van der Waals surface area contributed by atoms with E-state index in [-0.39, 0.29) is 38.0 Å². The molecule has 0 radical (unpaired) electrons. The summed E-state index contributed by atoms with van der Waals surface area (Å²) in [4.78, 5) is 27.6. The normalized spacial score (nSPS) is 13.2. The maximum Gasteiger partial charge on any atom is 0.242 e. The number of amides is 2. The lowest BCUT2D eigenvalue weighted by Crippen LogP contribution is -2.47. The van der Waals surface area contributed by atoms with E-state index in [1.807, 2.05) is 37.3 Å². The molecule has 9 nitrogen and oxygen atoms in total. The molecule has 0 fully saturated rings. The summed E-state index contributed by atoms with van der Waals surface area (Å²) in [6.45, 7) is 4.82. The van der Waals surface area contributed by atoms with Gasteiger partial charge in [-0.25, -0.2) is 8.42 Å². The summed E-state index contributed by atoms with van der Waals surface area (Å²) in [6, 6.07) is 13.8. The first-order valence-electron chi connectivity index (χ1n) is 12.2. The minimum absolute atomic E-state index is 0.0909. The highest BCUT2D eigenvalue weighted by atomic mass is 32.2. The van der Waals surface area contributed by atoms with Crippen LogP contribution in [0.2, 0.25) is 0 Å². The number of carbonyl (C=O) groups is 2. The molecule has 1 N–H and O–H groups in total. The van der Waals surface area contributed by atoms with Crippen molar-refractivity contribution in [3.05, 3.63) is 54.1 Å². The third-order valence-corrected chi connectivity index (χ3v) is 7.18. The van der Waals surface area contributed by atoms with Crippen LogP contribution in [0.3, 0.4) is 0 Å². The van der Waals surface area contributed by atoms with Gasteiger partial charge in [-0.3, -0.25) is 13.9 Å². The van der Waals surface area contributed by atoms with Gasteiger partial charge in [-0.05, 0) is 37.5 Å². The van der Waals surface area contributed by atoms with E-state index in [0.717, 1.165) is 24.7 Å². The number of ether oxygens (including phenoxy) is 2. The van der Waals surface area contributed by atoms with Crippen molar-refractivity contribution in [3.63, 3.8) is 0 Å². The average molecular weight is 518 g/mol. The predicted octanol–water partition coefficient (Wildman–Crippen LogP) is 3.30. The number of sulfonamides is 1. The van der Waals surface area contributed by atoms with E-state index in [1.54, 1.807) is 30.0 Å². The Labute approximate surface area is 213 Å². The first kappa shape index (κ1) is 27.3. The molecule has 2 aromatic rings. The number of anilines is 1. The van der Waals surface area contributed by atoms with E-state index in [4.69, 9.17) is 9.47 Å². The van der Waals surface area contributed by atoms with Crippen molar-refractivity contribution >= 4 is 27.5 Å². The summed E-state index contributed by atoms with van der Waals surface area (Å²) in [7, 11) is -3.60. The van der Waals surface area contributed by atoms with Crippen LogP contribution in [-0.4, -0.2) is 57.3 Å². The Morgan fingerprint density at radius 2 is 1.78 bits per heavy atom. The molecule has 0 spiro atoms. The van der Waals surface area contributed by atoms with Crippen LogP contribution < -0.4 is 19.1 Å². The molecule has 0 bridgehead atoms. The maximum absolute atomic E-state index is 13.3. The van der Waals surface area contributed by atoms with Crippen molar-refractivity contribution < 1.29 is 27.5 Å². The van der Waals surface area contributed by atoms with Gasteiger partial charge in [-0.15, -0.1) is 0 Å². The van der Waals surface area contributed by atoms with E-state index in [1.165, 1.54) is 4.31 Å². The number of hydrogen-bond donors (Lipinski definition) is 1. The smallest absolute Gasteiger partial charge is 0.242 e. The number of nitrogens with one attached hydrogen (secondary N) is 1. The third kappa shape index (κ3) is 7.36. The Morgan fingerprint density at radius 3 is 2.47 bits per heavy atom. The Morgan fingerprint density at radius 1 is 1.06 bits per heavy atom. The van der Waals surface area contributed by atoms with Crippen LogP contribution in [0.15, 0.2) is 48.5 Å². The van der Waals surface area contributed by atoms with Gasteiger partial charge < -0.3 is 19.7 Å². The highest BCUT2D eigenvalue weighted by Gasteiger charge is 2.27. The van der Waals surface area contributed by atoms with Crippen LogP contribution in [-0.2, 0) is 26.2 Å². The molecule has 1 atom stereocenters. The molecule has 0 aliphatic carbocycles. The molecule has 196 valence electrons. The van der Waals surface area contributed by atoms with Gasteiger partial charge in [-0.1, -0.05) is 43.7 Å². The van der Waals surface area contributed by atoms with Gasteiger partial charge in [0, 0.05) is 32.1 Å². The SMILES string of the molecule is CCCCNC(=O)[C@H](C)N(Cc1ccccc1)C(=O)CCCN(c1ccc2c(c1)OCO2)S(C)(=O)=O. The standard InChI is InChI=1S/C26H35N3O6S/c1-4-5-15-27-26(31)20(2)28(18-21-10-7-6-8-11-21)25(30)12-9-16-29(36(3,32)33)22-13-14-23-24(17-22)35-19-34-23/h6-8,10-11,13-14,17,20H,4-5,9,12,15-16,18-19H2,1-3H3,(H,27,31)/t20-/m0/s1. The number of nitrogens with zero attached hydrogens (tertiary/aromatic N) is 2. The Hall–Kier alpha value is -3.27. The van der Waals surface area contributed by atoms with Gasteiger partial charge in [-0.2, -0.15) is 0 Å². The van der Waals surface area contributed by atoms with E-state index < -0.39 is 16.1 Å². The zero-order valence-corrected chi connectivity index (χ0v) is 21.9. The van der Waals surface area contributed by atoms with Crippen molar-refractivity contribution in [3.8, 4) is 11.5 Å². The molecule has 3 rings (SSSR count). The highest BCUT2D eigenvalue weighted by Crippen LogP contribution is 2.36. The largest absolute Gasteiger partial charge is 0.454 e. The third-order valence-electron chi connectivity index (χ3n) is 5.99. The molecule has 36 heavy (non-hydrogen) atoms. The first-order valence-corrected chi connectivity index (χ1v) is 14.0. The zero-order chi connectivity index (χ0) is 26.1. The van der Waals surface area contributed by atoms with Gasteiger partial charge in [0.05, 0.1) is 11.9 Å². The summed E-state index contributed by atoms with van der Waals surface area (Å²) in [5, 5.41) is 2.90. The van der Waals surface area contributed by atoms with Crippen LogP contribution in [0.1, 0.15) is 45.1 Å². The number of carbonyl (C=O) groups excluding carboxylic acids is 2. The second-order valence-electron chi connectivity index (χ2n) is 8.80.